The van der Waals surface area contributed by atoms with Crippen molar-refractivity contribution in [2.75, 3.05) is 25.0 Å². The molecule has 3 N–H and O–H groups in total. The lowest BCUT2D eigenvalue weighted by molar-refractivity contribution is -0.122. The van der Waals surface area contributed by atoms with Crippen molar-refractivity contribution in [1.82, 2.24) is 4.90 Å². The second-order valence-corrected chi connectivity index (χ2v) is 7.53. The van der Waals surface area contributed by atoms with Gasteiger partial charge in [-0.2, -0.15) is 0 Å². The van der Waals surface area contributed by atoms with E-state index < -0.39 is 0 Å². The lowest BCUT2D eigenvalue weighted by Crippen LogP contribution is -2.48. The molecule has 1 aliphatic carbocycles. The minimum Gasteiger partial charge on any atom is -0.330 e. The van der Waals surface area contributed by atoms with Crippen molar-refractivity contribution < 1.29 is 4.79 Å². The van der Waals surface area contributed by atoms with Gasteiger partial charge >= 0.3 is 0 Å². The first kappa shape index (κ1) is 15.2. The maximum atomic E-state index is 12.6. The number of hydrogen-bond donors (Lipinski definition) is 2. The number of nitrogens with zero attached hydrogens (tertiary/aromatic N) is 1. The molecule has 0 atom stereocenters. The van der Waals surface area contributed by atoms with Gasteiger partial charge in [0.05, 0.1) is 5.41 Å². The van der Waals surface area contributed by atoms with E-state index in [0.29, 0.717) is 12.0 Å². The van der Waals surface area contributed by atoms with E-state index in [-0.39, 0.29) is 11.3 Å². The summed E-state index contributed by atoms with van der Waals surface area (Å²) in [5, 5.41) is 3.10. The van der Waals surface area contributed by atoms with Crippen molar-refractivity contribution in [2.24, 2.45) is 11.7 Å². The summed E-state index contributed by atoms with van der Waals surface area (Å²) in [6.45, 7) is 3.20. The van der Waals surface area contributed by atoms with Gasteiger partial charge in [-0.05, 0) is 75.7 Å². The summed E-state index contributed by atoms with van der Waals surface area (Å²) < 4.78 is 0. The van der Waals surface area contributed by atoms with Crippen LogP contribution in [-0.4, -0.2) is 36.5 Å². The topological polar surface area (TPSA) is 58.4 Å². The normalized spacial score (nSPS) is 32.0. The van der Waals surface area contributed by atoms with Crippen LogP contribution in [0.4, 0.5) is 5.69 Å². The second-order valence-electron chi connectivity index (χ2n) is 7.53. The molecule has 0 radical (unpaired) electrons. The van der Waals surface area contributed by atoms with E-state index in [2.05, 4.69) is 22.3 Å². The van der Waals surface area contributed by atoms with Gasteiger partial charge in [0.25, 0.3) is 0 Å². The van der Waals surface area contributed by atoms with E-state index in [1.54, 1.807) is 0 Å². The van der Waals surface area contributed by atoms with Gasteiger partial charge in [0.1, 0.15) is 0 Å². The lowest BCUT2D eigenvalue weighted by Gasteiger charge is -2.43. The Morgan fingerprint density at radius 3 is 2.52 bits per heavy atom. The van der Waals surface area contributed by atoms with Crippen LogP contribution < -0.4 is 11.1 Å². The van der Waals surface area contributed by atoms with Crippen LogP contribution in [0, 0.1) is 5.92 Å². The molecular weight excluding hydrogens is 286 g/mol. The lowest BCUT2D eigenvalue weighted by atomic mass is 9.68. The van der Waals surface area contributed by atoms with E-state index in [1.807, 2.05) is 12.1 Å². The molecule has 1 spiro atoms. The van der Waals surface area contributed by atoms with Gasteiger partial charge in [0.15, 0.2) is 0 Å². The van der Waals surface area contributed by atoms with Crippen molar-refractivity contribution in [3.63, 3.8) is 0 Å². The number of amides is 1. The zero-order valence-electron chi connectivity index (χ0n) is 13.8. The number of piperidine rings is 1. The van der Waals surface area contributed by atoms with E-state index >= 15 is 0 Å². The fourth-order valence-corrected chi connectivity index (χ4v) is 4.88. The Hall–Kier alpha value is -1.39. The minimum atomic E-state index is -0.261. The molecule has 1 aromatic rings. The summed E-state index contributed by atoms with van der Waals surface area (Å²) in [7, 11) is 0. The first-order valence-electron chi connectivity index (χ1n) is 9.08. The van der Waals surface area contributed by atoms with Crippen molar-refractivity contribution in [2.45, 2.75) is 50.0 Å². The third-order valence-electron chi connectivity index (χ3n) is 6.43. The number of rotatable bonds is 2. The van der Waals surface area contributed by atoms with Crippen LogP contribution in [0.15, 0.2) is 24.3 Å². The van der Waals surface area contributed by atoms with Crippen LogP contribution in [0.25, 0.3) is 0 Å². The summed E-state index contributed by atoms with van der Waals surface area (Å²) in [5.41, 5.74) is 7.80. The average Bonchev–Trinajstić information content (AvgIpc) is 2.88. The fourth-order valence-electron chi connectivity index (χ4n) is 4.88. The Labute approximate surface area is 138 Å². The van der Waals surface area contributed by atoms with E-state index in [0.717, 1.165) is 37.9 Å². The molecule has 1 amide bonds. The molecule has 0 bridgehead atoms. The van der Waals surface area contributed by atoms with Crippen LogP contribution in [0.3, 0.4) is 0 Å². The number of benzene rings is 1. The maximum absolute atomic E-state index is 12.6. The molecule has 4 heteroatoms. The molecule has 2 fully saturated rings. The second kappa shape index (κ2) is 5.91. The summed E-state index contributed by atoms with van der Waals surface area (Å²) >= 11 is 0. The molecule has 0 unspecified atom stereocenters. The zero-order valence-corrected chi connectivity index (χ0v) is 13.8. The number of anilines is 1. The number of hydrogen-bond acceptors (Lipinski definition) is 3. The van der Waals surface area contributed by atoms with Crippen LogP contribution in [0.2, 0.25) is 0 Å². The maximum Gasteiger partial charge on any atom is 0.235 e. The predicted molar refractivity (Wildman–Crippen MR) is 92.4 cm³/mol. The largest absolute Gasteiger partial charge is 0.330 e. The number of para-hydroxylation sites is 1. The van der Waals surface area contributed by atoms with Gasteiger partial charge in [-0.1, -0.05) is 18.2 Å². The van der Waals surface area contributed by atoms with Gasteiger partial charge in [-0.25, -0.2) is 0 Å². The van der Waals surface area contributed by atoms with E-state index in [4.69, 9.17) is 5.73 Å². The van der Waals surface area contributed by atoms with E-state index in [9.17, 15) is 4.79 Å². The molecule has 1 saturated carbocycles. The van der Waals surface area contributed by atoms with Crippen molar-refractivity contribution in [3.8, 4) is 0 Å². The van der Waals surface area contributed by atoms with Crippen LogP contribution >= 0.6 is 0 Å². The van der Waals surface area contributed by atoms with Gasteiger partial charge in [-0.3, -0.25) is 4.79 Å². The number of nitrogens with two attached hydrogens (primary N) is 1. The summed E-state index contributed by atoms with van der Waals surface area (Å²) in [4.78, 5) is 15.3. The fraction of sp³-hybridized carbons (Fsp3) is 0.632. The molecule has 1 aromatic carbocycles. The van der Waals surface area contributed by atoms with Crippen molar-refractivity contribution in [3.05, 3.63) is 29.8 Å². The van der Waals surface area contributed by atoms with Crippen LogP contribution in [0.5, 0.6) is 0 Å². The Morgan fingerprint density at radius 1 is 1.13 bits per heavy atom. The van der Waals surface area contributed by atoms with Gasteiger partial charge < -0.3 is 16.0 Å². The Bertz CT molecular complexity index is 584. The highest BCUT2D eigenvalue weighted by Crippen LogP contribution is 2.48. The van der Waals surface area contributed by atoms with Crippen LogP contribution in [0.1, 0.15) is 44.1 Å². The highest BCUT2D eigenvalue weighted by atomic mass is 16.2. The first-order chi connectivity index (χ1) is 11.2. The summed E-state index contributed by atoms with van der Waals surface area (Å²) in [5.74, 6) is 0.938. The number of fused-ring (bicyclic) bond motifs is 2. The van der Waals surface area contributed by atoms with Crippen molar-refractivity contribution >= 4 is 11.6 Å². The standard InChI is InChI=1S/C19H27N3O/c20-13-14-7-11-22(12-8-14)15-5-9-19(10-6-15)16-3-1-2-4-17(16)21-18(19)23/h1-4,14-15H,5-13,20H2,(H,21,23). The van der Waals surface area contributed by atoms with E-state index in [1.165, 1.54) is 31.5 Å². The zero-order chi connectivity index (χ0) is 15.9. The average molecular weight is 313 g/mol. The van der Waals surface area contributed by atoms with Gasteiger partial charge in [0, 0.05) is 11.7 Å². The Kier molecular flexibility index (Phi) is 3.90. The molecule has 4 nitrogen and oxygen atoms in total. The Morgan fingerprint density at radius 2 is 1.83 bits per heavy atom. The molecule has 124 valence electrons. The molecule has 23 heavy (non-hydrogen) atoms. The van der Waals surface area contributed by atoms with Crippen molar-refractivity contribution in [1.29, 1.82) is 0 Å². The van der Waals surface area contributed by atoms with Crippen LogP contribution in [-0.2, 0) is 10.2 Å². The molecule has 2 heterocycles. The highest BCUT2D eigenvalue weighted by Gasteiger charge is 2.49. The minimum absolute atomic E-state index is 0.221. The highest BCUT2D eigenvalue weighted by molar-refractivity contribution is 6.06. The molecule has 0 aromatic heterocycles. The molecule has 1 saturated heterocycles. The number of carbonyl (C=O) groups excluding carboxylic acids is 1. The quantitative estimate of drug-likeness (QED) is 0.882. The summed E-state index contributed by atoms with van der Waals surface area (Å²) in [6.07, 6.45) is 6.71. The third-order valence-corrected chi connectivity index (χ3v) is 6.43. The first-order valence-corrected chi connectivity index (χ1v) is 9.08. The molecule has 2 aliphatic heterocycles. The molecule has 3 aliphatic rings. The monoisotopic (exact) mass is 313 g/mol. The van der Waals surface area contributed by atoms with Gasteiger partial charge in [-0.15, -0.1) is 0 Å². The smallest absolute Gasteiger partial charge is 0.235 e. The number of carbonyl (C=O) groups is 1. The molecule has 4 rings (SSSR count). The predicted octanol–water partition coefficient (Wildman–Crippen LogP) is 2.49. The third kappa shape index (κ3) is 2.48. The van der Waals surface area contributed by atoms with Gasteiger partial charge in [0.2, 0.25) is 5.91 Å². The SMILES string of the molecule is NCC1CCN(C2CCC3(CC2)C(=O)Nc2ccccc23)CC1. The molecular formula is C19H27N3O. The number of likely N-dealkylation sites (tertiary alicyclic amines) is 1. The summed E-state index contributed by atoms with van der Waals surface area (Å²) in [6, 6.07) is 8.89. The Balaban J connectivity index is 1.44. The number of nitrogens with one attached hydrogen (secondary N) is 1.